The first-order valence-corrected chi connectivity index (χ1v) is 11.2. The molecule has 0 unspecified atom stereocenters. The summed E-state index contributed by atoms with van der Waals surface area (Å²) in [6, 6.07) is 13.0. The number of likely N-dealkylation sites (tertiary alicyclic amines) is 1. The standard InChI is InChI=1S/C22H25N3O3S/c1-16-6-11-20-19(14-16)25(18-9-7-17(8-10-18)23(2)3)15-21(29(20,27)28)22(26)24-12-4-5-13-24/h6-11,14-15H,4-5,12-13H2,1-3H3. The molecule has 0 N–H and O–H groups in total. The zero-order valence-corrected chi connectivity index (χ0v) is 17.7. The molecule has 1 saturated heterocycles. The lowest BCUT2D eigenvalue weighted by Crippen LogP contribution is -2.35. The van der Waals surface area contributed by atoms with Gasteiger partial charge in [0.25, 0.3) is 5.91 Å². The second-order valence-corrected chi connectivity index (χ2v) is 9.63. The fraction of sp³-hybridized carbons (Fsp3) is 0.318. The Kier molecular flexibility index (Phi) is 4.86. The van der Waals surface area contributed by atoms with Crippen molar-refractivity contribution >= 4 is 32.8 Å². The number of nitrogens with zero attached hydrogens (tertiary/aromatic N) is 3. The minimum atomic E-state index is -3.88. The molecule has 0 bridgehead atoms. The summed E-state index contributed by atoms with van der Waals surface area (Å²) in [5.41, 5.74) is 3.38. The van der Waals surface area contributed by atoms with E-state index in [-0.39, 0.29) is 9.80 Å². The van der Waals surface area contributed by atoms with Crippen molar-refractivity contribution in [2.24, 2.45) is 0 Å². The first-order valence-electron chi connectivity index (χ1n) is 9.72. The van der Waals surface area contributed by atoms with E-state index in [4.69, 9.17) is 0 Å². The molecule has 7 heteroatoms. The smallest absolute Gasteiger partial charge is 0.267 e. The molecule has 2 aromatic rings. The summed E-state index contributed by atoms with van der Waals surface area (Å²) >= 11 is 0. The van der Waals surface area contributed by atoms with E-state index in [0.717, 1.165) is 29.8 Å². The van der Waals surface area contributed by atoms with Gasteiger partial charge in [-0.15, -0.1) is 0 Å². The number of hydrogen-bond donors (Lipinski definition) is 0. The molecular weight excluding hydrogens is 386 g/mol. The van der Waals surface area contributed by atoms with Crippen LogP contribution in [0.5, 0.6) is 0 Å². The predicted molar refractivity (Wildman–Crippen MR) is 115 cm³/mol. The van der Waals surface area contributed by atoms with Gasteiger partial charge in [0.2, 0.25) is 9.84 Å². The topological polar surface area (TPSA) is 60.9 Å². The molecular formula is C22H25N3O3S. The molecule has 152 valence electrons. The fourth-order valence-corrected chi connectivity index (χ4v) is 5.31. The number of sulfone groups is 1. The lowest BCUT2D eigenvalue weighted by atomic mass is 10.1. The van der Waals surface area contributed by atoms with Gasteiger partial charge in [-0.2, -0.15) is 0 Å². The Morgan fingerprint density at radius 2 is 1.66 bits per heavy atom. The van der Waals surface area contributed by atoms with Crippen molar-refractivity contribution in [3.8, 4) is 0 Å². The summed E-state index contributed by atoms with van der Waals surface area (Å²) in [6.45, 7) is 3.13. The van der Waals surface area contributed by atoms with E-state index in [1.54, 1.807) is 17.0 Å². The van der Waals surface area contributed by atoms with Gasteiger partial charge in [-0.3, -0.25) is 4.79 Å². The van der Waals surface area contributed by atoms with E-state index in [1.807, 2.05) is 61.2 Å². The van der Waals surface area contributed by atoms with E-state index < -0.39 is 15.7 Å². The number of amides is 1. The highest BCUT2D eigenvalue weighted by molar-refractivity contribution is 7.96. The van der Waals surface area contributed by atoms with Gasteiger partial charge in [0.1, 0.15) is 0 Å². The Labute approximate surface area is 172 Å². The van der Waals surface area contributed by atoms with Gasteiger partial charge in [-0.05, 0) is 61.7 Å². The van der Waals surface area contributed by atoms with Crippen LogP contribution in [0.3, 0.4) is 0 Å². The normalized spacial score (nSPS) is 17.7. The lowest BCUT2D eigenvalue weighted by Gasteiger charge is -2.30. The van der Waals surface area contributed by atoms with Crippen molar-refractivity contribution in [1.82, 2.24) is 4.90 Å². The molecule has 29 heavy (non-hydrogen) atoms. The molecule has 2 aromatic carbocycles. The van der Waals surface area contributed by atoms with Gasteiger partial charge < -0.3 is 14.7 Å². The van der Waals surface area contributed by atoms with Crippen LogP contribution in [0.2, 0.25) is 0 Å². The second kappa shape index (κ2) is 7.22. The Balaban J connectivity index is 1.86. The second-order valence-electron chi connectivity index (χ2n) is 7.75. The van der Waals surface area contributed by atoms with Crippen LogP contribution in [0.15, 0.2) is 58.5 Å². The third kappa shape index (κ3) is 3.40. The molecule has 1 amide bonds. The molecule has 0 atom stereocenters. The summed E-state index contributed by atoms with van der Waals surface area (Å²) in [5, 5.41) is 0. The van der Waals surface area contributed by atoms with Gasteiger partial charge in [-0.25, -0.2) is 8.42 Å². The Morgan fingerprint density at radius 1 is 1.00 bits per heavy atom. The number of carbonyl (C=O) groups is 1. The molecule has 2 aliphatic rings. The number of aryl methyl sites for hydroxylation is 1. The van der Waals surface area contributed by atoms with Crippen LogP contribution in [0.25, 0.3) is 0 Å². The minimum Gasteiger partial charge on any atom is -0.378 e. The molecule has 0 aromatic heterocycles. The van der Waals surface area contributed by atoms with Crippen molar-refractivity contribution in [3.63, 3.8) is 0 Å². The minimum absolute atomic E-state index is 0.160. The van der Waals surface area contributed by atoms with Crippen LogP contribution >= 0.6 is 0 Å². The summed E-state index contributed by atoms with van der Waals surface area (Å²) in [6.07, 6.45) is 3.30. The van der Waals surface area contributed by atoms with E-state index in [0.29, 0.717) is 18.8 Å². The van der Waals surface area contributed by atoms with Crippen molar-refractivity contribution in [2.75, 3.05) is 37.0 Å². The Hall–Kier alpha value is -2.80. The molecule has 0 saturated carbocycles. The van der Waals surface area contributed by atoms with Gasteiger partial charge in [-0.1, -0.05) is 6.07 Å². The lowest BCUT2D eigenvalue weighted by molar-refractivity contribution is -0.125. The monoisotopic (exact) mass is 411 g/mol. The maximum atomic E-state index is 13.3. The molecule has 1 fully saturated rings. The highest BCUT2D eigenvalue weighted by Crippen LogP contribution is 2.41. The number of hydrogen-bond acceptors (Lipinski definition) is 5. The number of rotatable bonds is 3. The fourth-order valence-electron chi connectivity index (χ4n) is 3.79. The van der Waals surface area contributed by atoms with E-state index in [2.05, 4.69) is 0 Å². The third-order valence-electron chi connectivity index (χ3n) is 5.45. The van der Waals surface area contributed by atoms with Crippen molar-refractivity contribution < 1.29 is 13.2 Å². The molecule has 2 heterocycles. The zero-order chi connectivity index (χ0) is 20.8. The maximum Gasteiger partial charge on any atom is 0.267 e. The molecule has 0 spiro atoms. The molecule has 0 radical (unpaired) electrons. The van der Waals surface area contributed by atoms with Crippen LogP contribution in [0.4, 0.5) is 17.1 Å². The van der Waals surface area contributed by atoms with Crippen LogP contribution in [-0.2, 0) is 14.6 Å². The number of benzene rings is 2. The summed E-state index contributed by atoms with van der Waals surface area (Å²) in [5.74, 6) is -0.413. The van der Waals surface area contributed by atoms with E-state index in [1.165, 1.54) is 6.20 Å². The quantitative estimate of drug-likeness (QED) is 0.774. The van der Waals surface area contributed by atoms with Crippen LogP contribution in [-0.4, -0.2) is 46.4 Å². The van der Waals surface area contributed by atoms with Crippen LogP contribution < -0.4 is 9.80 Å². The zero-order valence-electron chi connectivity index (χ0n) is 16.9. The highest BCUT2D eigenvalue weighted by Gasteiger charge is 2.38. The molecule has 0 aliphatic carbocycles. The van der Waals surface area contributed by atoms with Crippen molar-refractivity contribution in [2.45, 2.75) is 24.7 Å². The first kappa shape index (κ1) is 19.5. The van der Waals surface area contributed by atoms with Gasteiger partial charge in [0.15, 0.2) is 4.91 Å². The first-order chi connectivity index (χ1) is 13.8. The molecule has 6 nitrogen and oxygen atoms in total. The largest absolute Gasteiger partial charge is 0.378 e. The van der Waals surface area contributed by atoms with Crippen LogP contribution in [0, 0.1) is 6.92 Å². The van der Waals surface area contributed by atoms with Crippen LogP contribution in [0.1, 0.15) is 18.4 Å². The Bertz CT molecular complexity index is 1080. The van der Waals surface area contributed by atoms with Gasteiger partial charge >= 0.3 is 0 Å². The molecule has 4 rings (SSSR count). The van der Waals surface area contributed by atoms with E-state index in [9.17, 15) is 13.2 Å². The summed E-state index contributed by atoms with van der Waals surface area (Å²) in [4.78, 5) is 18.5. The van der Waals surface area contributed by atoms with Gasteiger partial charge in [0.05, 0.1) is 10.6 Å². The summed E-state index contributed by atoms with van der Waals surface area (Å²) < 4.78 is 26.6. The number of carbonyl (C=O) groups excluding carboxylic acids is 1. The van der Waals surface area contributed by atoms with Crippen molar-refractivity contribution in [1.29, 1.82) is 0 Å². The summed E-state index contributed by atoms with van der Waals surface area (Å²) in [7, 11) is 0.0535. The van der Waals surface area contributed by atoms with Gasteiger partial charge in [0, 0.05) is 44.8 Å². The SMILES string of the molecule is Cc1ccc2c(c1)N(c1ccc(N(C)C)cc1)C=C(C(=O)N1CCCC1)S2(=O)=O. The van der Waals surface area contributed by atoms with Crippen molar-refractivity contribution in [3.05, 3.63) is 59.1 Å². The Morgan fingerprint density at radius 3 is 2.28 bits per heavy atom. The number of anilines is 3. The number of fused-ring (bicyclic) bond motifs is 1. The predicted octanol–water partition coefficient (Wildman–Crippen LogP) is 3.45. The average Bonchev–Trinajstić information content (AvgIpc) is 3.22. The maximum absolute atomic E-state index is 13.3. The van der Waals surface area contributed by atoms with E-state index >= 15 is 0 Å². The third-order valence-corrected chi connectivity index (χ3v) is 7.23. The molecule has 2 aliphatic heterocycles. The highest BCUT2D eigenvalue weighted by atomic mass is 32.2. The average molecular weight is 412 g/mol.